The third-order valence-electron chi connectivity index (χ3n) is 5.72. The fraction of sp³-hybridized carbons (Fsp3) is 0.241. The lowest BCUT2D eigenvalue weighted by Crippen LogP contribution is -2.10. The Morgan fingerprint density at radius 1 is 0.946 bits per heavy atom. The number of pyridine rings is 1. The van der Waals surface area contributed by atoms with Gasteiger partial charge in [-0.1, -0.05) is 48.5 Å². The van der Waals surface area contributed by atoms with Crippen molar-refractivity contribution < 1.29 is 24.5 Å². The lowest BCUT2D eigenvalue weighted by atomic mass is 9.88. The van der Waals surface area contributed by atoms with E-state index in [9.17, 15) is 4.79 Å². The van der Waals surface area contributed by atoms with Gasteiger partial charge in [0, 0.05) is 43.5 Å². The van der Waals surface area contributed by atoms with E-state index in [0.717, 1.165) is 48.6 Å². The maximum Gasteiger partial charge on any atom is 0.341 e. The zero-order valence-electron chi connectivity index (χ0n) is 20.9. The van der Waals surface area contributed by atoms with Crippen molar-refractivity contribution in [1.29, 1.82) is 0 Å². The lowest BCUT2D eigenvalue weighted by Gasteiger charge is -2.16. The van der Waals surface area contributed by atoms with Crippen molar-refractivity contribution in [2.24, 2.45) is 0 Å². The van der Waals surface area contributed by atoms with Gasteiger partial charge in [-0.25, -0.2) is 4.79 Å². The van der Waals surface area contributed by atoms with Gasteiger partial charge in [0.05, 0.1) is 6.20 Å². The molecule has 1 atom stereocenters. The molecule has 2 aromatic heterocycles. The summed E-state index contributed by atoms with van der Waals surface area (Å²) in [6.07, 6.45) is 9.53. The monoisotopic (exact) mass is 501 g/mol. The Kier molecular flexibility index (Phi) is 9.96. The van der Waals surface area contributed by atoms with Gasteiger partial charge in [0.1, 0.15) is 5.75 Å². The van der Waals surface area contributed by atoms with Crippen molar-refractivity contribution in [3.8, 4) is 5.75 Å². The molecule has 0 amide bonds. The number of carboxylic acids is 2. The summed E-state index contributed by atoms with van der Waals surface area (Å²) in [5.41, 5.74) is 5.62. The first-order chi connectivity index (χ1) is 17.8. The summed E-state index contributed by atoms with van der Waals surface area (Å²) < 4.78 is 7.38. The molecule has 8 nitrogen and oxygen atoms in total. The predicted octanol–water partition coefficient (Wildman–Crippen LogP) is 4.95. The number of benzene rings is 2. The molecule has 0 aliphatic rings. The van der Waals surface area contributed by atoms with Crippen LogP contribution < -0.4 is 4.74 Å². The lowest BCUT2D eigenvalue weighted by molar-refractivity contribution is -0.139. The fourth-order valence-corrected chi connectivity index (χ4v) is 4.08. The number of rotatable bonds is 10. The predicted molar refractivity (Wildman–Crippen MR) is 140 cm³/mol. The zero-order valence-corrected chi connectivity index (χ0v) is 20.9. The zero-order chi connectivity index (χ0) is 26.6. The van der Waals surface area contributed by atoms with Gasteiger partial charge >= 0.3 is 5.97 Å². The van der Waals surface area contributed by atoms with Gasteiger partial charge in [-0.05, 0) is 54.2 Å². The maximum absolute atomic E-state index is 10.8. The highest BCUT2D eigenvalue weighted by molar-refractivity contribution is 5.68. The summed E-state index contributed by atoms with van der Waals surface area (Å²) in [6.45, 7) is 3.50. The Morgan fingerprint density at radius 3 is 2.35 bits per heavy atom. The van der Waals surface area contributed by atoms with Crippen LogP contribution >= 0.6 is 0 Å². The van der Waals surface area contributed by atoms with Crippen LogP contribution in [-0.4, -0.2) is 43.5 Å². The number of hydrogen-bond donors (Lipinski definition) is 2. The second-order valence-electron chi connectivity index (χ2n) is 8.51. The molecule has 0 radical (unpaired) electrons. The highest BCUT2D eigenvalue weighted by Gasteiger charge is 2.18. The molecule has 0 aliphatic carbocycles. The van der Waals surface area contributed by atoms with E-state index in [0.29, 0.717) is 5.75 Å². The van der Waals surface area contributed by atoms with E-state index in [1.807, 2.05) is 48.3 Å². The summed E-state index contributed by atoms with van der Waals surface area (Å²) in [5, 5.41) is 20.9. The molecular weight excluding hydrogens is 470 g/mol. The number of aryl methyl sites for hydroxylation is 2. The van der Waals surface area contributed by atoms with E-state index >= 15 is 0 Å². The third kappa shape index (κ3) is 8.31. The first kappa shape index (κ1) is 27.1. The minimum atomic E-state index is -0.977. The molecule has 4 rings (SSSR count). The topological polar surface area (TPSA) is 115 Å². The van der Waals surface area contributed by atoms with Gasteiger partial charge in [-0.3, -0.25) is 14.5 Å². The van der Waals surface area contributed by atoms with Crippen LogP contribution in [0.3, 0.4) is 0 Å². The first-order valence-corrected chi connectivity index (χ1v) is 11.9. The molecule has 2 aromatic carbocycles. The van der Waals surface area contributed by atoms with Crippen molar-refractivity contribution in [2.75, 3.05) is 6.61 Å². The number of carboxylic acid groups (broad SMARTS) is 2. The van der Waals surface area contributed by atoms with Crippen LogP contribution in [0.25, 0.3) is 0 Å². The highest BCUT2D eigenvalue weighted by atomic mass is 16.5. The van der Waals surface area contributed by atoms with Crippen LogP contribution in [0.2, 0.25) is 0 Å². The van der Waals surface area contributed by atoms with E-state index in [1.54, 1.807) is 6.20 Å². The molecule has 0 bridgehead atoms. The van der Waals surface area contributed by atoms with Gasteiger partial charge in [0.2, 0.25) is 0 Å². The van der Waals surface area contributed by atoms with E-state index in [1.165, 1.54) is 5.56 Å². The van der Waals surface area contributed by atoms with Gasteiger partial charge in [0.25, 0.3) is 5.97 Å². The molecule has 1 unspecified atom stereocenters. The molecule has 0 saturated carbocycles. The Labute approximate surface area is 216 Å². The molecule has 4 aromatic rings. The number of carbonyl (C=O) groups is 2. The van der Waals surface area contributed by atoms with Crippen LogP contribution in [0.4, 0.5) is 0 Å². The van der Waals surface area contributed by atoms with Crippen molar-refractivity contribution in [2.45, 2.75) is 39.2 Å². The molecule has 0 spiro atoms. The van der Waals surface area contributed by atoms with E-state index in [-0.39, 0.29) is 12.5 Å². The Bertz CT molecular complexity index is 1250. The highest BCUT2D eigenvalue weighted by Crippen LogP contribution is 2.31. The largest absolute Gasteiger partial charge is 0.482 e. The SMILES string of the molecule is CC(=O)O.Cc1c(CCCn2cc(C(c3ccccc3)c3cccnc3)cn2)cccc1OCC(=O)O. The molecule has 0 fully saturated rings. The van der Waals surface area contributed by atoms with Gasteiger partial charge in [0.15, 0.2) is 6.61 Å². The van der Waals surface area contributed by atoms with Crippen LogP contribution in [0, 0.1) is 6.92 Å². The third-order valence-corrected chi connectivity index (χ3v) is 5.72. The Morgan fingerprint density at radius 2 is 1.68 bits per heavy atom. The maximum atomic E-state index is 10.8. The number of aromatic nitrogens is 3. The number of ether oxygens (including phenoxy) is 1. The normalized spacial score (nSPS) is 11.2. The Hall–Kier alpha value is -4.46. The van der Waals surface area contributed by atoms with Crippen LogP contribution in [-0.2, 0) is 22.6 Å². The smallest absolute Gasteiger partial charge is 0.341 e. The van der Waals surface area contributed by atoms with Crippen molar-refractivity contribution in [3.63, 3.8) is 0 Å². The standard InChI is InChI=1S/C27H27N3O3.C2H4O2/c1-20-21(10-5-13-25(20)33-19-26(31)32)12-7-15-30-18-24(17-29-30)27(22-8-3-2-4-9-22)23-11-6-14-28-16-23;1-2(3)4/h2-6,8-11,13-14,16-18,27H,7,12,15,19H2,1H3,(H,31,32);1H3,(H,3,4). The molecule has 37 heavy (non-hydrogen) atoms. The van der Waals surface area contributed by atoms with E-state index in [4.69, 9.17) is 19.7 Å². The van der Waals surface area contributed by atoms with Crippen molar-refractivity contribution >= 4 is 11.9 Å². The summed E-state index contributed by atoms with van der Waals surface area (Å²) in [7, 11) is 0. The average molecular weight is 502 g/mol. The van der Waals surface area contributed by atoms with Gasteiger partial charge < -0.3 is 14.9 Å². The minimum Gasteiger partial charge on any atom is -0.482 e. The summed E-state index contributed by atoms with van der Waals surface area (Å²) >= 11 is 0. The fourth-order valence-electron chi connectivity index (χ4n) is 4.08. The van der Waals surface area contributed by atoms with Crippen molar-refractivity contribution in [1.82, 2.24) is 14.8 Å². The van der Waals surface area contributed by atoms with Crippen molar-refractivity contribution in [3.05, 3.63) is 113 Å². The molecule has 2 N–H and O–H groups in total. The average Bonchev–Trinajstić information content (AvgIpc) is 3.33. The molecule has 0 saturated heterocycles. The van der Waals surface area contributed by atoms with Gasteiger partial charge in [-0.2, -0.15) is 5.10 Å². The molecule has 8 heteroatoms. The number of hydrogen-bond acceptors (Lipinski definition) is 5. The van der Waals surface area contributed by atoms with Crippen LogP contribution in [0.1, 0.15) is 47.1 Å². The summed E-state index contributed by atoms with van der Waals surface area (Å²) in [6, 6.07) is 20.3. The molecule has 192 valence electrons. The van der Waals surface area contributed by atoms with Crippen LogP contribution in [0.5, 0.6) is 5.75 Å². The first-order valence-electron chi connectivity index (χ1n) is 11.9. The second kappa shape index (κ2) is 13.6. The molecule has 0 aliphatic heterocycles. The molecule has 2 heterocycles. The quantitative estimate of drug-likeness (QED) is 0.316. The number of aliphatic carboxylic acids is 2. The van der Waals surface area contributed by atoms with E-state index < -0.39 is 11.9 Å². The van der Waals surface area contributed by atoms with E-state index in [2.05, 4.69) is 52.7 Å². The Balaban J connectivity index is 0.000000886. The molecular formula is C29H31N3O5. The summed E-state index contributed by atoms with van der Waals surface area (Å²) in [4.78, 5) is 24.1. The van der Waals surface area contributed by atoms with Crippen LogP contribution in [0.15, 0.2) is 85.5 Å². The minimum absolute atomic E-state index is 0.0824. The van der Waals surface area contributed by atoms with Gasteiger partial charge in [-0.15, -0.1) is 0 Å². The second-order valence-corrected chi connectivity index (χ2v) is 8.51. The summed E-state index contributed by atoms with van der Waals surface area (Å²) in [5.74, 6) is -1.10. The number of nitrogens with zero attached hydrogens (tertiary/aromatic N) is 3.